The maximum absolute atomic E-state index is 12.9. The molecular weight excluding hydrogens is 339 g/mol. The summed E-state index contributed by atoms with van der Waals surface area (Å²) in [5.74, 6) is -1.79. The number of nitrogens with zero attached hydrogens (tertiary/aromatic N) is 1. The lowest BCUT2D eigenvalue weighted by atomic mass is 10.1. The monoisotopic (exact) mass is 354 g/mol. The molecule has 0 fully saturated rings. The zero-order valence-corrected chi connectivity index (χ0v) is 13.8. The number of carboxylic acid groups (broad SMARTS) is 1. The molecule has 2 aromatic carbocycles. The number of amides is 1. The molecule has 0 aliphatic carbocycles. The predicted molar refractivity (Wildman–Crippen MR) is 92.8 cm³/mol. The Balaban J connectivity index is 2.10. The number of carboxylic acids is 1. The third-order valence-corrected chi connectivity index (χ3v) is 3.32. The summed E-state index contributed by atoms with van der Waals surface area (Å²) in [7, 11) is 0. The standard InChI is InChI=1S/C19H15FN2O4/c1-12(19(24)25)26-17-8-2-13(3-9-17)10-14(11-21)18(23)22-16-6-4-15(20)5-7-16/h2-10,12H,1H3,(H,22,23)(H,24,25)/b14-10-/t12-/m1/s1. The zero-order chi connectivity index (χ0) is 19.1. The molecule has 0 saturated heterocycles. The molecule has 0 unspecified atom stereocenters. The van der Waals surface area contributed by atoms with Gasteiger partial charge in [-0.1, -0.05) is 12.1 Å². The molecule has 132 valence electrons. The summed E-state index contributed by atoms with van der Waals surface area (Å²) < 4.78 is 18.1. The number of hydrogen-bond acceptors (Lipinski definition) is 4. The Bertz CT molecular complexity index is 868. The van der Waals surface area contributed by atoms with Crippen LogP contribution in [0.15, 0.2) is 54.1 Å². The molecule has 26 heavy (non-hydrogen) atoms. The molecule has 2 rings (SSSR count). The van der Waals surface area contributed by atoms with Gasteiger partial charge in [0, 0.05) is 5.69 Å². The normalized spacial score (nSPS) is 12.0. The maximum Gasteiger partial charge on any atom is 0.344 e. The van der Waals surface area contributed by atoms with Crippen LogP contribution in [0, 0.1) is 17.1 Å². The van der Waals surface area contributed by atoms with Crippen molar-refractivity contribution in [2.75, 3.05) is 5.32 Å². The van der Waals surface area contributed by atoms with Crippen molar-refractivity contribution in [2.24, 2.45) is 0 Å². The Kier molecular flexibility index (Phi) is 6.06. The molecule has 2 aromatic rings. The van der Waals surface area contributed by atoms with E-state index < -0.39 is 23.8 Å². The van der Waals surface area contributed by atoms with Crippen LogP contribution in [-0.4, -0.2) is 23.1 Å². The number of rotatable bonds is 6. The number of ether oxygens (including phenoxy) is 1. The molecule has 7 heteroatoms. The van der Waals surface area contributed by atoms with Gasteiger partial charge < -0.3 is 15.2 Å². The molecule has 0 aliphatic heterocycles. The number of hydrogen-bond donors (Lipinski definition) is 2. The Morgan fingerprint density at radius 3 is 2.35 bits per heavy atom. The molecule has 0 aliphatic rings. The summed E-state index contributed by atoms with van der Waals surface area (Å²) in [6.45, 7) is 1.41. The molecular formula is C19H15FN2O4. The molecule has 0 saturated carbocycles. The highest BCUT2D eigenvalue weighted by Crippen LogP contribution is 2.17. The number of benzene rings is 2. The topological polar surface area (TPSA) is 99.4 Å². The van der Waals surface area contributed by atoms with E-state index in [4.69, 9.17) is 9.84 Å². The van der Waals surface area contributed by atoms with Crippen LogP contribution in [0.4, 0.5) is 10.1 Å². The molecule has 0 bridgehead atoms. The fourth-order valence-electron chi connectivity index (χ4n) is 1.94. The van der Waals surface area contributed by atoms with Crippen LogP contribution < -0.4 is 10.1 Å². The van der Waals surface area contributed by atoms with Gasteiger partial charge in [0.2, 0.25) is 0 Å². The lowest BCUT2D eigenvalue weighted by Crippen LogP contribution is -2.22. The van der Waals surface area contributed by atoms with E-state index >= 15 is 0 Å². The van der Waals surface area contributed by atoms with Crippen LogP contribution in [0.2, 0.25) is 0 Å². The Labute approximate surface area is 149 Å². The quantitative estimate of drug-likeness (QED) is 0.613. The van der Waals surface area contributed by atoms with Gasteiger partial charge in [-0.3, -0.25) is 4.79 Å². The molecule has 1 atom stereocenters. The van der Waals surface area contributed by atoms with Gasteiger partial charge in [0.15, 0.2) is 6.10 Å². The van der Waals surface area contributed by atoms with Crippen LogP contribution in [0.3, 0.4) is 0 Å². The number of anilines is 1. The van der Waals surface area contributed by atoms with Crippen LogP contribution in [0.1, 0.15) is 12.5 Å². The molecule has 0 aromatic heterocycles. The highest BCUT2D eigenvalue weighted by Gasteiger charge is 2.12. The van der Waals surface area contributed by atoms with Crippen molar-refractivity contribution in [1.29, 1.82) is 5.26 Å². The fraction of sp³-hybridized carbons (Fsp3) is 0.105. The first-order valence-electron chi connectivity index (χ1n) is 7.57. The van der Waals surface area contributed by atoms with Crippen LogP contribution in [-0.2, 0) is 9.59 Å². The summed E-state index contributed by atoms with van der Waals surface area (Å²) in [5.41, 5.74) is 0.789. The summed E-state index contributed by atoms with van der Waals surface area (Å²) in [6.07, 6.45) is 0.385. The molecule has 6 nitrogen and oxygen atoms in total. The Morgan fingerprint density at radius 2 is 1.81 bits per heavy atom. The van der Waals surface area contributed by atoms with Crippen molar-refractivity contribution in [2.45, 2.75) is 13.0 Å². The summed E-state index contributed by atoms with van der Waals surface area (Å²) in [6, 6.07) is 13.2. The van der Waals surface area contributed by atoms with Crippen molar-refractivity contribution in [3.8, 4) is 11.8 Å². The number of nitrogens with one attached hydrogen (secondary N) is 1. The average molecular weight is 354 g/mol. The minimum Gasteiger partial charge on any atom is -0.479 e. The van der Waals surface area contributed by atoms with Crippen LogP contribution in [0.5, 0.6) is 5.75 Å². The van der Waals surface area contributed by atoms with Gasteiger partial charge in [-0.2, -0.15) is 5.26 Å². The Hall–Kier alpha value is -3.66. The summed E-state index contributed by atoms with van der Waals surface area (Å²) in [5, 5.41) is 20.5. The first kappa shape index (κ1) is 18.7. The number of nitriles is 1. The molecule has 0 spiro atoms. The van der Waals surface area contributed by atoms with Crippen molar-refractivity contribution in [3.05, 3.63) is 65.5 Å². The van der Waals surface area contributed by atoms with Gasteiger partial charge in [-0.15, -0.1) is 0 Å². The van der Waals surface area contributed by atoms with Gasteiger partial charge in [0.05, 0.1) is 0 Å². The van der Waals surface area contributed by atoms with E-state index in [0.717, 1.165) is 0 Å². The minimum absolute atomic E-state index is 0.137. The maximum atomic E-state index is 12.9. The van der Waals surface area contributed by atoms with E-state index in [1.165, 1.54) is 49.4 Å². The first-order chi connectivity index (χ1) is 12.4. The predicted octanol–water partition coefficient (Wildman–Crippen LogP) is 3.22. The van der Waals surface area contributed by atoms with E-state index in [1.807, 2.05) is 6.07 Å². The number of carbonyl (C=O) groups excluding carboxylic acids is 1. The number of carbonyl (C=O) groups is 2. The van der Waals surface area contributed by atoms with Gasteiger partial charge >= 0.3 is 5.97 Å². The molecule has 0 radical (unpaired) electrons. The number of halogens is 1. The van der Waals surface area contributed by atoms with Crippen molar-refractivity contribution in [1.82, 2.24) is 0 Å². The van der Waals surface area contributed by atoms with E-state index in [2.05, 4.69) is 5.32 Å². The molecule has 2 N–H and O–H groups in total. The van der Waals surface area contributed by atoms with E-state index in [9.17, 15) is 19.2 Å². The highest BCUT2D eigenvalue weighted by molar-refractivity contribution is 6.09. The van der Waals surface area contributed by atoms with Crippen molar-refractivity contribution >= 4 is 23.6 Å². The second-order valence-corrected chi connectivity index (χ2v) is 5.30. The van der Waals surface area contributed by atoms with Gasteiger partial charge in [-0.25, -0.2) is 9.18 Å². The third-order valence-electron chi connectivity index (χ3n) is 3.32. The lowest BCUT2D eigenvalue weighted by molar-refractivity contribution is -0.144. The lowest BCUT2D eigenvalue weighted by Gasteiger charge is -2.10. The second-order valence-electron chi connectivity index (χ2n) is 5.30. The molecule has 0 heterocycles. The van der Waals surface area contributed by atoms with Gasteiger partial charge in [-0.05, 0) is 55.0 Å². The van der Waals surface area contributed by atoms with E-state index in [0.29, 0.717) is 17.0 Å². The fourth-order valence-corrected chi connectivity index (χ4v) is 1.94. The molecule has 1 amide bonds. The second kappa shape index (κ2) is 8.44. The Morgan fingerprint density at radius 1 is 1.19 bits per heavy atom. The van der Waals surface area contributed by atoms with Gasteiger partial charge in [0.1, 0.15) is 23.2 Å². The van der Waals surface area contributed by atoms with Crippen LogP contribution in [0.25, 0.3) is 6.08 Å². The average Bonchev–Trinajstić information content (AvgIpc) is 2.62. The SMILES string of the molecule is C[C@@H](Oc1ccc(/C=C(/C#N)C(=O)Nc2ccc(F)cc2)cc1)C(=O)O. The van der Waals surface area contributed by atoms with Gasteiger partial charge in [0.25, 0.3) is 5.91 Å². The zero-order valence-electron chi connectivity index (χ0n) is 13.8. The largest absolute Gasteiger partial charge is 0.479 e. The number of aliphatic carboxylic acids is 1. The third kappa shape index (κ3) is 5.18. The minimum atomic E-state index is -1.08. The summed E-state index contributed by atoms with van der Waals surface area (Å²) >= 11 is 0. The van der Waals surface area contributed by atoms with Crippen molar-refractivity contribution < 1.29 is 23.8 Å². The van der Waals surface area contributed by atoms with E-state index in [-0.39, 0.29) is 5.57 Å². The van der Waals surface area contributed by atoms with Crippen molar-refractivity contribution in [3.63, 3.8) is 0 Å². The van der Waals surface area contributed by atoms with E-state index in [1.54, 1.807) is 12.1 Å². The highest BCUT2D eigenvalue weighted by atomic mass is 19.1. The first-order valence-corrected chi connectivity index (χ1v) is 7.57. The smallest absolute Gasteiger partial charge is 0.344 e. The van der Waals surface area contributed by atoms with Crippen LogP contribution >= 0.6 is 0 Å². The summed E-state index contributed by atoms with van der Waals surface area (Å²) in [4.78, 5) is 22.9.